The van der Waals surface area contributed by atoms with Gasteiger partial charge in [0, 0.05) is 23.0 Å². The molecule has 0 atom stereocenters. The molecule has 0 unspecified atom stereocenters. The Labute approximate surface area is 153 Å². The maximum atomic E-state index is 11.4. The van der Waals surface area contributed by atoms with Gasteiger partial charge in [0.15, 0.2) is 5.69 Å². The number of carboxylic acid groups (broad SMARTS) is 1. The molecule has 0 bridgehead atoms. The molecule has 25 heavy (non-hydrogen) atoms. The Kier molecular flexibility index (Phi) is 3.90. The number of aromatic carboxylic acids is 1. The Hall–Kier alpha value is -2.50. The minimum absolute atomic E-state index is 0.0317. The third kappa shape index (κ3) is 2.75. The normalized spacial score (nSPS) is 13.0. The Balaban J connectivity index is 1.93. The first-order valence-corrected chi connectivity index (χ1v) is 8.46. The Morgan fingerprint density at radius 1 is 1.24 bits per heavy atom. The standard InChI is InChI=1S/C18H13Cl2N3O2/c19-13-6-5-10(7-14(13)20)23-17(8-16(22-23)18(24)25)12-9-21-15-4-2-1-3-11(12)15/h1,3,5-9,21H,2,4H2,(H,24,25). The highest BCUT2D eigenvalue weighted by molar-refractivity contribution is 6.42. The van der Waals surface area contributed by atoms with E-state index in [1.54, 1.807) is 28.9 Å². The van der Waals surface area contributed by atoms with Gasteiger partial charge in [-0.15, -0.1) is 0 Å². The lowest BCUT2D eigenvalue weighted by Gasteiger charge is -2.10. The number of aryl methyl sites for hydroxylation is 1. The lowest BCUT2D eigenvalue weighted by atomic mass is 10.00. The van der Waals surface area contributed by atoms with Gasteiger partial charge in [0.1, 0.15) is 0 Å². The van der Waals surface area contributed by atoms with Gasteiger partial charge in [-0.25, -0.2) is 9.48 Å². The predicted octanol–water partition coefficient (Wildman–Crippen LogP) is 4.83. The lowest BCUT2D eigenvalue weighted by Crippen LogP contribution is -2.02. The number of aromatic amines is 1. The minimum atomic E-state index is -1.08. The number of carboxylic acids is 1. The predicted molar refractivity (Wildman–Crippen MR) is 97.7 cm³/mol. The molecule has 7 heteroatoms. The highest BCUT2D eigenvalue weighted by Crippen LogP contribution is 2.33. The summed E-state index contributed by atoms with van der Waals surface area (Å²) in [5.74, 6) is -1.08. The van der Waals surface area contributed by atoms with Gasteiger partial charge in [-0.2, -0.15) is 5.10 Å². The number of halogens is 2. The van der Waals surface area contributed by atoms with Gasteiger partial charge in [-0.1, -0.05) is 35.4 Å². The second-order valence-electron chi connectivity index (χ2n) is 5.77. The van der Waals surface area contributed by atoms with Gasteiger partial charge < -0.3 is 10.1 Å². The first-order valence-electron chi connectivity index (χ1n) is 7.70. The van der Waals surface area contributed by atoms with Gasteiger partial charge in [-0.3, -0.25) is 0 Å². The van der Waals surface area contributed by atoms with E-state index in [0.717, 1.165) is 29.7 Å². The average molecular weight is 374 g/mol. The van der Waals surface area contributed by atoms with Crippen LogP contribution in [0.3, 0.4) is 0 Å². The molecule has 1 aliphatic carbocycles. The maximum absolute atomic E-state index is 11.4. The van der Waals surface area contributed by atoms with Crippen molar-refractivity contribution in [3.63, 3.8) is 0 Å². The van der Waals surface area contributed by atoms with Crippen LogP contribution in [0, 0.1) is 0 Å². The van der Waals surface area contributed by atoms with Crippen molar-refractivity contribution in [3.8, 4) is 16.9 Å². The van der Waals surface area contributed by atoms with Crippen LogP contribution in [-0.2, 0) is 6.42 Å². The summed E-state index contributed by atoms with van der Waals surface area (Å²) in [7, 11) is 0. The van der Waals surface area contributed by atoms with Crippen LogP contribution in [0.25, 0.3) is 23.0 Å². The lowest BCUT2D eigenvalue weighted by molar-refractivity contribution is 0.0690. The summed E-state index contributed by atoms with van der Waals surface area (Å²) in [6, 6.07) is 6.65. The number of hydrogen-bond donors (Lipinski definition) is 2. The summed E-state index contributed by atoms with van der Waals surface area (Å²) in [5.41, 5.74) is 4.39. The largest absolute Gasteiger partial charge is 0.476 e. The number of H-pyrrole nitrogens is 1. The van der Waals surface area contributed by atoms with Crippen molar-refractivity contribution in [2.24, 2.45) is 0 Å². The number of carbonyl (C=O) groups is 1. The third-order valence-electron chi connectivity index (χ3n) is 4.20. The first kappa shape index (κ1) is 16.0. The van der Waals surface area contributed by atoms with E-state index < -0.39 is 5.97 Å². The average Bonchev–Trinajstić information content (AvgIpc) is 3.21. The monoisotopic (exact) mass is 373 g/mol. The Bertz CT molecular complexity index is 1020. The highest BCUT2D eigenvalue weighted by atomic mass is 35.5. The Morgan fingerprint density at radius 3 is 2.84 bits per heavy atom. The van der Waals surface area contributed by atoms with Crippen LogP contribution in [0.5, 0.6) is 0 Å². The molecule has 0 fully saturated rings. The smallest absolute Gasteiger partial charge is 0.356 e. The molecule has 0 aliphatic heterocycles. The molecule has 0 saturated carbocycles. The summed E-state index contributed by atoms with van der Waals surface area (Å²) >= 11 is 12.1. The first-order chi connectivity index (χ1) is 12.0. The topological polar surface area (TPSA) is 70.9 Å². The van der Waals surface area contributed by atoms with Crippen LogP contribution in [0.1, 0.15) is 28.2 Å². The highest BCUT2D eigenvalue weighted by Gasteiger charge is 2.21. The van der Waals surface area contributed by atoms with E-state index in [2.05, 4.69) is 22.2 Å². The molecule has 5 nitrogen and oxygen atoms in total. The van der Waals surface area contributed by atoms with E-state index in [9.17, 15) is 9.90 Å². The molecule has 4 rings (SSSR count). The molecule has 2 N–H and O–H groups in total. The summed E-state index contributed by atoms with van der Waals surface area (Å²) in [5, 5.41) is 14.4. The van der Waals surface area contributed by atoms with E-state index in [0.29, 0.717) is 21.4 Å². The number of aromatic nitrogens is 3. The fraction of sp³-hybridized carbons (Fsp3) is 0.111. The molecule has 3 aromatic rings. The summed E-state index contributed by atoms with van der Waals surface area (Å²) in [6.07, 6.45) is 7.96. The summed E-state index contributed by atoms with van der Waals surface area (Å²) in [4.78, 5) is 14.7. The molecule has 1 aliphatic rings. The number of nitrogens with zero attached hydrogens (tertiary/aromatic N) is 2. The number of hydrogen-bond acceptors (Lipinski definition) is 2. The Morgan fingerprint density at radius 2 is 2.08 bits per heavy atom. The van der Waals surface area contributed by atoms with Crippen LogP contribution in [0.15, 0.2) is 36.5 Å². The van der Waals surface area contributed by atoms with Crippen LogP contribution in [0.4, 0.5) is 0 Å². The van der Waals surface area contributed by atoms with Gasteiger partial charge in [0.25, 0.3) is 0 Å². The van der Waals surface area contributed by atoms with E-state index in [1.807, 2.05) is 6.20 Å². The van der Waals surface area contributed by atoms with Gasteiger partial charge in [-0.05, 0) is 37.1 Å². The number of rotatable bonds is 3. The van der Waals surface area contributed by atoms with Crippen LogP contribution in [-0.4, -0.2) is 25.8 Å². The molecular formula is C18H13Cl2N3O2. The van der Waals surface area contributed by atoms with Crippen molar-refractivity contribution >= 4 is 35.2 Å². The number of benzene rings is 1. The van der Waals surface area contributed by atoms with E-state index in [4.69, 9.17) is 23.2 Å². The molecule has 0 spiro atoms. The summed E-state index contributed by atoms with van der Waals surface area (Å²) < 4.78 is 1.58. The van der Waals surface area contributed by atoms with Crippen LogP contribution < -0.4 is 0 Å². The zero-order valence-corrected chi connectivity index (χ0v) is 14.5. The van der Waals surface area contributed by atoms with Crippen molar-refractivity contribution in [2.75, 3.05) is 0 Å². The van der Waals surface area contributed by atoms with Crippen molar-refractivity contribution in [1.82, 2.24) is 14.8 Å². The van der Waals surface area contributed by atoms with Crippen molar-refractivity contribution < 1.29 is 9.90 Å². The van der Waals surface area contributed by atoms with E-state index in [1.165, 1.54) is 0 Å². The second-order valence-corrected chi connectivity index (χ2v) is 6.58. The number of fused-ring (bicyclic) bond motifs is 1. The van der Waals surface area contributed by atoms with E-state index in [-0.39, 0.29) is 5.69 Å². The SMILES string of the molecule is O=C(O)c1cc(-c2c[nH]c3c2C=CCC3)n(-c2ccc(Cl)c(Cl)c2)n1. The third-order valence-corrected chi connectivity index (χ3v) is 4.94. The minimum Gasteiger partial charge on any atom is -0.476 e. The van der Waals surface area contributed by atoms with Gasteiger partial charge >= 0.3 is 5.97 Å². The number of allylic oxidation sites excluding steroid dienone is 1. The number of nitrogens with one attached hydrogen (secondary N) is 1. The maximum Gasteiger partial charge on any atom is 0.356 e. The second kappa shape index (κ2) is 6.10. The van der Waals surface area contributed by atoms with Crippen molar-refractivity contribution in [1.29, 1.82) is 0 Å². The molecule has 2 aromatic heterocycles. The van der Waals surface area contributed by atoms with Crippen molar-refractivity contribution in [3.05, 3.63) is 63.5 Å². The fourth-order valence-electron chi connectivity index (χ4n) is 3.01. The molecule has 126 valence electrons. The molecule has 1 aromatic carbocycles. The van der Waals surface area contributed by atoms with Crippen LogP contribution in [0.2, 0.25) is 10.0 Å². The van der Waals surface area contributed by atoms with Crippen molar-refractivity contribution in [2.45, 2.75) is 12.8 Å². The molecular weight excluding hydrogens is 361 g/mol. The summed E-state index contributed by atoms with van der Waals surface area (Å²) in [6.45, 7) is 0. The molecule has 0 amide bonds. The van der Waals surface area contributed by atoms with E-state index >= 15 is 0 Å². The molecule has 0 radical (unpaired) electrons. The fourth-order valence-corrected chi connectivity index (χ4v) is 3.30. The molecule has 2 heterocycles. The zero-order chi connectivity index (χ0) is 17.6. The van der Waals surface area contributed by atoms with Gasteiger partial charge in [0.2, 0.25) is 0 Å². The zero-order valence-electron chi connectivity index (χ0n) is 13.0. The molecule has 0 saturated heterocycles. The quantitative estimate of drug-likeness (QED) is 0.690. The van der Waals surface area contributed by atoms with Crippen LogP contribution >= 0.6 is 23.2 Å². The van der Waals surface area contributed by atoms with Gasteiger partial charge in [0.05, 0.1) is 21.4 Å².